The summed E-state index contributed by atoms with van der Waals surface area (Å²) < 4.78 is 4.41. The maximum atomic E-state index is 10.8. The van der Waals surface area contributed by atoms with Crippen molar-refractivity contribution in [3.8, 4) is 5.75 Å². The molecule has 3 N–H and O–H groups in total. The predicted octanol–water partition coefficient (Wildman–Crippen LogP) is 2.37. The summed E-state index contributed by atoms with van der Waals surface area (Å²) in [5.41, 5.74) is 6.21. The number of ether oxygens (including phenoxy) is 1. The number of esters is 1. The minimum absolute atomic E-state index is 0.0443. The molecule has 0 bridgehead atoms. The number of nitrogen functional groups attached to an aromatic ring is 1. The van der Waals surface area contributed by atoms with Gasteiger partial charge in [-0.2, -0.15) is 0 Å². The van der Waals surface area contributed by atoms with Crippen molar-refractivity contribution < 1.29 is 14.6 Å². The fourth-order valence-corrected chi connectivity index (χ4v) is 1.37. The minimum atomic E-state index is -0.454. The molecule has 0 radical (unpaired) electrons. The quantitative estimate of drug-likeness (QED) is 0.285. The Morgan fingerprint density at radius 2 is 2.18 bits per heavy atom. The van der Waals surface area contributed by atoms with E-state index in [1.807, 2.05) is 0 Å². The number of hydrogen-bond acceptors (Lipinski definition) is 4. The van der Waals surface area contributed by atoms with Crippen molar-refractivity contribution in [3.63, 3.8) is 0 Å². The number of carbonyl (C=O) groups is 1. The number of phenols is 1. The molecule has 0 aliphatic carbocycles. The van der Waals surface area contributed by atoms with Crippen LogP contribution in [-0.2, 0) is 9.53 Å². The van der Waals surface area contributed by atoms with Crippen LogP contribution in [0.3, 0.4) is 0 Å². The molecule has 1 aromatic carbocycles. The number of aromatic hydroxyl groups is 1. The van der Waals surface area contributed by atoms with Gasteiger partial charge in [0.1, 0.15) is 5.75 Å². The van der Waals surface area contributed by atoms with Crippen LogP contribution >= 0.6 is 11.6 Å². The van der Waals surface area contributed by atoms with Crippen molar-refractivity contribution in [2.75, 3.05) is 12.8 Å². The van der Waals surface area contributed by atoms with Gasteiger partial charge in [0.25, 0.3) is 0 Å². The maximum Gasteiger partial charge on any atom is 0.330 e. The Hall–Kier alpha value is -1.94. The fourth-order valence-electron chi connectivity index (χ4n) is 1.13. The molecule has 0 aliphatic rings. The van der Waals surface area contributed by atoms with Gasteiger partial charge in [0.15, 0.2) is 0 Å². The first-order chi connectivity index (χ1) is 8.04. The number of hydrogen-bond donors (Lipinski definition) is 2. The Balaban J connectivity index is 2.85. The number of rotatable bonds is 3. The van der Waals surface area contributed by atoms with Gasteiger partial charge in [0, 0.05) is 16.7 Å². The van der Waals surface area contributed by atoms with Crippen LogP contribution in [-0.4, -0.2) is 18.2 Å². The first-order valence-corrected chi connectivity index (χ1v) is 5.13. The van der Waals surface area contributed by atoms with Crippen LogP contribution in [0, 0.1) is 0 Å². The second kappa shape index (κ2) is 5.96. The number of nitrogens with two attached hydrogens (primary N) is 1. The van der Waals surface area contributed by atoms with E-state index in [0.717, 1.165) is 0 Å². The van der Waals surface area contributed by atoms with E-state index < -0.39 is 5.97 Å². The number of allylic oxidation sites excluding steroid dienone is 2. The molecule has 0 aliphatic heterocycles. The first kappa shape index (κ1) is 13.1. The summed E-state index contributed by atoms with van der Waals surface area (Å²) in [7, 11) is 1.29. The SMILES string of the molecule is COC(=O)/C=C/C=C/c1cc(Cl)cc(N)c1O. The van der Waals surface area contributed by atoms with Gasteiger partial charge in [0.2, 0.25) is 0 Å². The lowest BCUT2D eigenvalue weighted by Gasteiger charge is -2.03. The molecule has 5 heteroatoms. The van der Waals surface area contributed by atoms with Crippen LogP contribution in [0.15, 0.2) is 30.4 Å². The summed E-state index contributed by atoms with van der Waals surface area (Å²) >= 11 is 5.79. The minimum Gasteiger partial charge on any atom is -0.505 e. The van der Waals surface area contributed by atoms with Crippen molar-refractivity contribution in [3.05, 3.63) is 40.9 Å². The number of benzene rings is 1. The predicted molar refractivity (Wildman–Crippen MR) is 67.7 cm³/mol. The summed E-state index contributed by atoms with van der Waals surface area (Å²) in [4.78, 5) is 10.8. The van der Waals surface area contributed by atoms with E-state index in [2.05, 4.69) is 4.74 Å². The Labute approximate surface area is 104 Å². The highest BCUT2D eigenvalue weighted by Crippen LogP contribution is 2.29. The first-order valence-electron chi connectivity index (χ1n) is 4.75. The van der Waals surface area contributed by atoms with Crippen molar-refractivity contribution in [1.82, 2.24) is 0 Å². The molecule has 17 heavy (non-hydrogen) atoms. The Kier molecular flexibility index (Phi) is 4.60. The average Bonchev–Trinajstić information content (AvgIpc) is 2.30. The number of methoxy groups -OCH3 is 1. The van der Waals surface area contributed by atoms with Crippen molar-refractivity contribution in [2.45, 2.75) is 0 Å². The van der Waals surface area contributed by atoms with Crippen LogP contribution in [0.25, 0.3) is 6.08 Å². The van der Waals surface area contributed by atoms with E-state index in [-0.39, 0.29) is 11.4 Å². The number of anilines is 1. The monoisotopic (exact) mass is 253 g/mol. The summed E-state index contributed by atoms with van der Waals surface area (Å²) in [5.74, 6) is -0.499. The third-order valence-electron chi connectivity index (χ3n) is 1.95. The summed E-state index contributed by atoms with van der Waals surface area (Å²) in [6.07, 6.45) is 5.89. The molecule has 90 valence electrons. The maximum absolute atomic E-state index is 10.8. The highest BCUT2D eigenvalue weighted by molar-refractivity contribution is 6.31. The molecule has 0 fully saturated rings. The molecule has 0 heterocycles. The van der Waals surface area contributed by atoms with E-state index >= 15 is 0 Å². The number of carbonyl (C=O) groups excluding carboxylic acids is 1. The van der Waals surface area contributed by atoms with Crippen molar-refractivity contribution in [2.24, 2.45) is 0 Å². The molecule has 4 nitrogen and oxygen atoms in total. The van der Waals surface area contributed by atoms with Gasteiger partial charge >= 0.3 is 5.97 Å². The van der Waals surface area contributed by atoms with Gasteiger partial charge in [-0.05, 0) is 12.1 Å². The Morgan fingerprint density at radius 1 is 1.47 bits per heavy atom. The molecule has 0 saturated heterocycles. The molecule has 0 saturated carbocycles. The van der Waals surface area contributed by atoms with Crippen LogP contribution in [0.4, 0.5) is 5.69 Å². The summed E-state index contributed by atoms with van der Waals surface area (Å²) in [6, 6.07) is 3.02. The van der Waals surface area contributed by atoms with Crippen molar-refractivity contribution >= 4 is 29.3 Å². The highest BCUT2D eigenvalue weighted by Gasteiger charge is 2.03. The van der Waals surface area contributed by atoms with Crippen LogP contribution < -0.4 is 5.73 Å². The molecule has 0 spiro atoms. The smallest absolute Gasteiger partial charge is 0.330 e. The van der Waals surface area contributed by atoms with Crippen LogP contribution in [0.2, 0.25) is 5.02 Å². The lowest BCUT2D eigenvalue weighted by Crippen LogP contribution is -1.92. The second-order valence-electron chi connectivity index (χ2n) is 3.17. The van der Waals surface area contributed by atoms with E-state index in [1.54, 1.807) is 18.2 Å². The number of phenolic OH excluding ortho intramolecular Hbond substituents is 1. The molecule has 0 atom stereocenters. The topological polar surface area (TPSA) is 72.5 Å². The fraction of sp³-hybridized carbons (Fsp3) is 0.0833. The van der Waals surface area contributed by atoms with Gasteiger partial charge in [-0.25, -0.2) is 4.79 Å². The van der Waals surface area contributed by atoms with Gasteiger partial charge in [-0.1, -0.05) is 29.8 Å². The second-order valence-corrected chi connectivity index (χ2v) is 3.61. The Morgan fingerprint density at radius 3 is 2.82 bits per heavy atom. The Bertz CT molecular complexity index is 481. The zero-order chi connectivity index (χ0) is 12.8. The highest BCUT2D eigenvalue weighted by atomic mass is 35.5. The number of halogens is 1. The van der Waals surface area contributed by atoms with Crippen LogP contribution in [0.1, 0.15) is 5.56 Å². The van der Waals surface area contributed by atoms with E-state index in [0.29, 0.717) is 10.6 Å². The lowest BCUT2D eigenvalue weighted by atomic mass is 10.1. The molecule has 0 unspecified atom stereocenters. The normalized spacial score (nSPS) is 11.2. The van der Waals surface area contributed by atoms with Crippen LogP contribution in [0.5, 0.6) is 5.75 Å². The average molecular weight is 254 g/mol. The van der Waals surface area contributed by atoms with Crippen molar-refractivity contribution in [1.29, 1.82) is 0 Å². The zero-order valence-corrected chi connectivity index (χ0v) is 9.94. The molecular formula is C12H12ClNO3. The third-order valence-corrected chi connectivity index (χ3v) is 2.17. The van der Waals surface area contributed by atoms with Gasteiger partial charge < -0.3 is 15.6 Å². The summed E-state index contributed by atoms with van der Waals surface area (Å²) in [6.45, 7) is 0. The van der Waals surface area contributed by atoms with E-state index in [1.165, 1.54) is 25.3 Å². The van der Waals surface area contributed by atoms with Gasteiger partial charge in [-0.3, -0.25) is 0 Å². The van der Waals surface area contributed by atoms with Gasteiger partial charge in [-0.15, -0.1) is 0 Å². The third kappa shape index (κ3) is 3.85. The van der Waals surface area contributed by atoms with Gasteiger partial charge in [0.05, 0.1) is 12.8 Å². The molecule has 0 amide bonds. The summed E-state index contributed by atoms with van der Waals surface area (Å²) in [5, 5.41) is 10.1. The largest absolute Gasteiger partial charge is 0.505 e. The molecular weight excluding hydrogens is 242 g/mol. The molecule has 1 aromatic rings. The molecule has 1 rings (SSSR count). The van der Waals surface area contributed by atoms with E-state index in [4.69, 9.17) is 17.3 Å². The van der Waals surface area contributed by atoms with E-state index in [9.17, 15) is 9.90 Å². The standard InChI is InChI=1S/C12H12ClNO3/c1-17-11(15)5-3-2-4-8-6-9(13)7-10(14)12(8)16/h2-7,16H,14H2,1H3/b4-2+,5-3+. The molecule has 0 aromatic heterocycles. The zero-order valence-electron chi connectivity index (χ0n) is 9.18. The lowest BCUT2D eigenvalue weighted by molar-refractivity contribution is -0.134.